The molecular weight excluding hydrogens is 230 g/mol. The fraction of sp³-hybridized carbons (Fsp3) is 0.500. The number of anilines is 1. The zero-order valence-electron chi connectivity index (χ0n) is 11.1. The molecule has 6 nitrogen and oxygen atoms in total. The standard InChI is InChI=1S/C12H17N5O/c1-8-9(2)15-16-12(10(8)7-13)17(4)6-5-11(18)14-3/h5-6H2,1-4H3,(H,14,18). The third kappa shape index (κ3) is 2.94. The number of carbonyl (C=O) groups is 1. The first-order valence-corrected chi connectivity index (χ1v) is 5.67. The van der Waals surface area contributed by atoms with Crippen LogP contribution in [0.15, 0.2) is 0 Å². The van der Waals surface area contributed by atoms with E-state index >= 15 is 0 Å². The van der Waals surface area contributed by atoms with Crippen LogP contribution in [0, 0.1) is 25.2 Å². The first-order chi connectivity index (χ1) is 8.51. The number of aromatic nitrogens is 2. The quantitative estimate of drug-likeness (QED) is 0.839. The Labute approximate surface area is 107 Å². The summed E-state index contributed by atoms with van der Waals surface area (Å²) in [6.07, 6.45) is 0.354. The van der Waals surface area contributed by atoms with E-state index in [1.165, 1.54) is 0 Å². The predicted molar refractivity (Wildman–Crippen MR) is 68.2 cm³/mol. The van der Waals surface area contributed by atoms with Crippen molar-refractivity contribution >= 4 is 11.7 Å². The van der Waals surface area contributed by atoms with Gasteiger partial charge in [-0.15, -0.1) is 5.10 Å². The number of carbonyl (C=O) groups excluding carboxylic acids is 1. The van der Waals surface area contributed by atoms with Crippen LogP contribution in [0.2, 0.25) is 0 Å². The van der Waals surface area contributed by atoms with E-state index in [0.29, 0.717) is 24.3 Å². The highest BCUT2D eigenvalue weighted by Crippen LogP contribution is 2.20. The Balaban J connectivity index is 2.93. The summed E-state index contributed by atoms with van der Waals surface area (Å²) in [5.74, 6) is 0.474. The van der Waals surface area contributed by atoms with Crippen molar-refractivity contribution in [3.8, 4) is 6.07 Å². The Morgan fingerprint density at radius 2 is 2.11 bits per heavy atom. The second-order valence-corrected chi connectivity index (χ2v) is 4.07. The van der Waals surface area contributed by atoms with E-state index in [2.05, 4.69) is 21.6 Å². The van der Waals surface area contributed by atoms with Crippen LogP contribution in [-0.2, 0) is 4.79 Å². The molecule has 1 N–H and O–H groups in total. The van der Waals surface area contributed by atoms with Crippen LogP contribution in [0.5, 0.6) is 0 Å². The second kappa shape index (κ2) is 5.96. The van der Waals surface area contributed by atoms with Crippen molar-refractivity contribution < 1.29 is 4.79 Å². The molecule has 1 aromatic rings. The summed E-state index contributed by atoms with van der Waals surface area (Å²) in [6.45, 7) is 4.15. The van der Waals surface area contributed by atoms with Crippen molar-refractivity contribution in [1.29, 1.82) is 5.26 Å². The highest BCUT2D eigenvalue weighted by molar-refractivity contribution is 5.76. The minimum Gasteiger partial charge on any atom is -0.359 e. The lowest BCUT2D eigenvalue weighted by Crippen LogP contribution is -2.27. The molecule has 1 rings (SSSR count). The van der Waals surface area contributed by atoms with Gasteiger partial charge in [0.25, 0.3) is 0 Å². The van der Waals surface area contributed by atoms with Crippen LogP contribution in [-0.4, -0.2) is 36.7 Å². The van der Waals surface area contributed by atoms with Gasteiger partial charge < -0.3 is 10.2 Å². The Morgan fingerprint density at radius 3 is 2.67 bits per heavy atom. The van der Waals surface area contributed by atoms with Crippen LogP contribution in [0.1, 0.15) is 23.2 Å². The smallest absolute Gasteiger partial charge is 0.221 e. The van der Waals surface area contributed by atoms with E-state index in [9.17, 15) is 10.1 Å². The van der Waals surface area contributed by atoms with E-state index in [0.717, 1.165) is 11.3 Å². The van der Waals surface area contributed by atoms with Gasteiger partial charge in [0, 0.05) is 27.1 Å². The van der Waals surface area contributed by atoms with Crippen LogP contribution >= 0.6 is 0 Å². The molecule has 0 saturated heterocycles. The monoisotopic (exact) mass is 247 g/mol. The Hall–Kier alpha value is -2.16. The number of nitrogens with one attached hydrogen (secondary N) is 1. The number of amides is 1. The van der Waals surface area contributed by atoms with Crippen LogP contribution < -0.4 is 10.2 Å². The van der Waals surface area contributed by atoms with E-state index in [4.69, 9.17) is 0 Å². The molecule has 1 amide bonds. The zero-order valence-corrected chi connectivity index (χ0v) is 11.1. The van der Waals surface area contributed by atoms with Crippen LogP contribution in [0.4, 0.5) is 5.82 Å². The lowest BCUT2D eigenvalue weighted by Gasteiger charge is -2.19. The molecule has 0 aromatic carbocycles. The highest BCUT2D eigenvalue weighted by atomic mass is 16.1. The van der Waals surface area contributed by atoms with E-state index in [1.807, 2.05) is 13.8 Å². The van der Waals surface area contributed by atoms with Gasteiger partial charge in [0.1, 0.15) is 11.6 Å². The normalized spacial score (nSPS) is 9.72. The second-order valence-electron chi connectivity index (χ2n) is 4.07. The maximum Gasteiger partial charge on any atom is 0.221 e. The number of hydrogen-bond acceptors (Lipinski definition) is 5. The van der Waals surface area contributed by atoms with E-state index < -0.39 is 0 Å². The summed E-state index contributed by atoms with van der Waals surface area (Å²) in [5.41, 5.74) is 2.09. The van der Waals surface area contributed by atoms with Crippen molar-refractivity contribution in [1.82, 2.24) is 15.5 Å². The first-order valence-electron chi connectivity index (χ1n) is 5.67. The van der Waals surface area contributed by atoms with Gasteiger partial charge in [0.05, 0.1) is 5.69 Å². The molecule has 6 heteroatoms. The molecule has 0 aliphatic heterocycles. The third-order valence-corrected chi connectivity index (χ3v) is 2.86. The fourth-order valence-electron chi connectivity index (χ4n) is 1.50. The summed E-state index contributed by atoms with van der Waals surface area (Å²) < 4.78 is 0. The van der Waals surface area contributed by atoms with Crippen molar-refractivity contribution in [3.63, 3.8) is 0 Å². The minimum absolute atomic E-state index is 0.0443. The molecule has 0 aliphatic carbocycles. The van der Waals surface area contributed by atoms with E-state index in [1.54, 1.807) is 19.0 Å². The summed E-state index contributed by atoms with van der Waals surface area (Å²) >= 11 is 0. The summed E-state index contributed by atoms with van der Waals surface area (Å²) in [6, 6.07) is 2.14. The molecule has 1 heterocycles. The maximum atomic E-state index is 11.2. The Bertz CT molecular complexity index is 492. The Kier molecular flexibility index (Phi) is 4.60. The molecule has 0 spiro atoms. The van der Waals surface area contributed by atoms with Gasteiger partial charge >= 0.3 is 0 Å². The van der Waals surface area contributed by atoms with Crippen molar-refractivity contribution in [2.24, 2.45) is 0 Å². The average molecular weight is 247 g/mol. The number of nitriles is 1. The van der Waals surface area contributed by atoms with Gasteiger partial charge in [-0.05, 0) is 19.4 Å². The molecule has 96 valence electrons. The lowest BCUT2D eigenvalue weighted by molar-refractivity contribution is -0.120. The molecule has 0 radical (unpaired) electrons. The molecule has 0 unspecified atom stereocenters. The molecule has 0 atom stereocenters. The van der Waals surface area contributed by atoms with Crippen molar-refractivity contribution in [3.05, 3.63) is 16.8 Å². The topological polar surface area (TPSA) is 81.9 Å². The average Bonchev–Trinajstić information content (AvgIpc) is 2.38. The third-order valence-electron chi connectivity index (χ3n) is 2.86. The van der Waals surface area contributed by atoms with Crippen molar-refractivity contribution in [2.75, 3.05) is 25.5 Å². The molecule has 0 fully saturated rings. The van der Waals surface area contributed by atoms with Gasteiger partial charge in [0.2, 0.25) is 5.91 Å². The number of nitrogens with zero attached hydrogens (tertiary/aromatic N) is 4. The van der Waals surface area contributed by atoms with Gasteiger partial charge in [-0.25, -0.2) is 0 Å². The lowest BCUT2D eigenvalue weighted by atomic mass is 10.1. The SMILES string of the molecule is CNC(=O)CCN(C)c1nnc(C)c(C)c1C#N. The zero-order chi connectivity index (χ0) is 13.7. The van der Waals surface area contributed by atoms with Gasteiger partial charge in [-0.1, -0.05) is 0 Å². The minimum atomic E-state index is -0.0443. The molecule has 0 aliphatic rings. The van der Waals surface area contributed by atoms with E-state index in [-0.39, 0.29) is 5.91 Å². The largest absolute Gasteiger partial charge is 0.359 e. The molecule has 18 heavy (non-hydrogen) atoms. The molecule has 0 bridgehead atoms. The molecular formula is C12H17N5O. The van der Waals surface area contributed by atoms with Gasteiger partial charge in [-0.2, -0.15) is 10.4 Å². The number of aryl methyl sites for hydroxylation is 1. The summed E-state index contributed by atoms with van der Waals surface area (Å²) in [4.78, 5) is 13.0. The number of hydrogen-bond donors (Lipinski definition) is 1. The van der Waals surface area contributed by atoms with Gasteiger partial charge in [-0.3, -0.25) is 4.79 Å². The summed E-state index contributed by atoms with van der Waals surface area (Å²) in [5, 5.41) is 19.8. The van der Waals surface area contributed by atoms with Crippen molar-refractivity contribution in [2.45, 2.75) is 20.3 Å². The Morgan fingerprint density at radius 1 is 1.44 bits per heavy atom. The predicted octanol–water partition coefficient (Wildman–Crippen LogP) is 0.537. The fourth-order valence-corrected chi connectivity index (χ4v) is 1.50. The number of rotatable bonds is 4. The van der Waals surface area contributed by atoms with Crippen LogP contribution in [0.3, 0.4) is 0 Å². The molecule has 0 saturated carbocycles. The molecule has 1 aromatic heterocycles. The summed E-state index contributed by atoms with van der Waals surface area (Å²) in [7, 11) is 3.39. The first kappa shape index (κ1) is 13.9. The van der Waals surface area contributed by atoms with Crippen LogP contribution in [0.25, 0.3) is 0 Å². The maximum absolute atomic E-state index is 11.2. The van der Waals surface area contributed by atoms with Gasteiger partial charge in [0.15, 0.2) is 5.82 Å². The highest BCUT2D eigenvalue weighted by Gasteiger charge is 2.14.